The molecule has 0 radical (unpaired) electrons. The molecule has 1 rings (SSSR count). The number of hydrogen-bond donors (Lipinski definition) is 1. The summed E-state index contributed by atoms with van der Waals surface area (Å²) in [6.45, 7) is 3.45. The number of carbonyl (C=O) groups excluding carboxylic acids is 2. The second kappa shape index (κ2) is 6.93. The fourth-order valence-corrected chi connectivity index (χ4v) is 2.19. The molecule has 104 valence electrons. The first-order chi connectivity index (χ1) is 8.99. The summed E-state index contributed by atoms with van der Waals surface area (Å²) in [6, 6.07) is 0. The Hall–Kier alpha value is -1.83. The van der Waals surface area contributed by atoms with Gasteiger partial charge in [-0.25, -0.2) is 9.59 Å². The zero-order valence-electron chi connectivity index (χ0n) is 10.8. The third kappa shape index (κ3) is 4.09. The molecule has 0 aromatic carbocycles. The van der Waals surface area contributed by atoms with Crippen molar-refractivity contribution in [1.29, 1.82) is 0 Å². The minimum absolute atomic E-state index is 0.0429. The maximum Gasteiger partial charge on any atom is 0.346 e. The van der Waals surface area contributed by atoms with E-state index in [1.807, 2.05) is 0 Å². The van der Waals surface area contributed by atoms with Gasteiger partial charge in [0, 0.05) is 5.69 Å². The predicted octanol–water partition coefficient (Wildman–Crippen LogP) is 0.520. The molecule has 1 heterocycles. The van der Waals surface area contributed by atoms with Crippen LogP contribution in [0.4, 0.5) is 0 Å². The highest BCUT2D eigenvalue weighted by atomic mass is 32.2. The summed E-state index contributed by atoms with van der Waals surface area (Å²) in [7, 11) is 1.26. The molecular weight excluding hydrogens is 272 g/mol. The Balaban J connectivity index is 3.09. The van der Waals surface area contributed by atoms with E-state index < -0.39 is 17.6 Å². The van der Waals surface area contributed by atoms with Crippen LogP contribution in [0.1, 0.15) is 23.0 Å². The number of thioether (sulfide) groups is 1. The lowest BCUT2D eigenvalue weighted by Crippen LogP contribution is -2.20. The summed E-state index contributed by atoms with van der Waals surface area (Å²) in [5.74, 6) is -1.10. The van der Waals surface area contributed by atoms with Crippen molar-refractivity contribution in [2.45, 2.75) is 18.9 Å². The maximum absolute atomic E-state index is 11.8. The molecular formula is C11H14N2O5S. The molecule has 0 saturated heterocycles. The number of H-pyrrole nitrogens is 1. The quantitative estimate of drug-likeness (QED) is 0.478. The fraction of sp³-hybridized carbons (Fsp3) is 0.455. The first-order valence-electron chi connectivity index (χ1n) is 5.47. The van der Waals surface area contributed by atoms with E-state index in [0.29, 0.717) is 5.69 Å². The number of aromatic amines is 1. The van der Waals surface area contributed by atoms with E-state index in [4.69, 9.17) is 4.74 Å². The van der Waals surface area contributed by atoms with E-state index in [9.17, 15) is 14.4 Å². The first kappa shape index (κ1) is 15.2. The van der Waals surface area contributed by atoms with Crippen LogP contribution in [0, 0.1) is 6.92 Å². The topological polar surface area (TPSA) is 98.3 Å². The molecule has 0 amide bonds. The Bertz CT molecular complexity index is 540. The molecule has 8 heteroatoms. The normalized spacial score (nSPS) is 10.1. The number of aryl methyl sites for hydroxylation is 1. The van der Waals surface area contributed by atoms with Crippen molar-refractivity contribution in [2.75, 3.05) is 19.5 Å². The van der Waals surface area contributed by atoms with Gasteiger partial charge in [0.1, 0.15) is 10.6 Å². The van der Waals surface area contributed by atoms with Gasteiger partial charge in [-0.15, -0.1) is 0 Å². The van der Waals surface area contributed by atoms with Gasteiger partial charge in [-0.05, 0) is 13.8 Å². The standard InChI is InChI=1S/C11H14N2O5S/c1-4-18-10(15)8-6(2)12-11(16)13-9(8)19-5-7(14)17-3/h4-5H2,1-3H3,(H,12,13,16). The van der Waals surface area contributed by atoms with E-state index >= 15 is 0 Å². The van der Waals surface area contributed by atoms with Crippen molar-refractivity contribution in [2.24, 2.45) is 0 Å². The van der Waals surface area contributed by atoms with Crippen LogP contribution < -0.4 is 5.69 Å². The summed E-state index contributed by atoms with van der Waals surface area (Å²) in [5, 5.41) is 0.158. The van der Waals surface area contributed by atoms with Crippen LogP contribution in [-0.2, 0) is 14.3 Å². The van der Waals surface area contributed by atoms with Crippen LogP contribution in [0.5, 0.6) is 0 Å². The number of nitrogens with zero attached hydrogens (tertiary/aromatic N) is 1. The van der Waals surface area contributed by atoms with Crippen molar-refractivity contribution >= 4 is 23.7 Å². The van der Waals surface area contributed by atoms with Gasteiger partial charge in [0.25, 0.3) is 0 Å². The van der Waals surface area contributed by atoms with Crippen molar-refractivity contribution in [3.63, 3.8) is 0 Å². The molecule has 0 atom stereocenters. The first-order valence-corrected chi connectivity index (χ1v) is 6.45. The molecule has 19 heavy (non-hydrogen) atoms. The Morgan fingerprint density at radius 2 is 2.11 bits per heavy atom. The lowest BCUT2D eigenvalue weighted by molar-refractivity contribution is -0.137. The summed E-state index contributed by atoms with van der Waals surface area (Å²) < 4.78 is 9.38. The molecule has 7 nitrogen and oxygen atoms in total. The number of methoxy groups -OCH3 is 1. The van der Waals surface area contributed by atoms with Gasteiger partial charge in [-0.1, -0.05) is 11.8 Å². The Morgan fingerprint density at radius 3 is 2.68 bits per heavy atom. The molecule has 1 N–H and O–H groups in total. The van der Waals surface area contributed by atoms with Gasteiger partial charge in [-0.2, -0.15) is 4.98 Å². The smallest absolute Gasteiger partial charge is 0.346 e. The minimum atomic E-state index is -0.587. The van der Waals surface area contributed by atoms with E-state index in [1.165, 1.54) is 7.11 Å². The third-order valence-corrected chi connectivity index (χ3v) is 3.07. The van der Waals surface area contributed by atoms with E-state index in [-0.39, 0.29) is 22.9 Å². The largest absolute Gasteiger partial charge is 0.468 e. The Labute approximate surface area is 113 Å². The molecule has 1 aromatic rings. The average Bonchev–Trinajstić information content (AvgIpc) is 2.35. The number of carbonyl (C=O) groups is 2. The van der Waals surface area contributed by atoms with Gasteiger partial charge in [0.2, 0.25) is 0 Å². The summed E-state index contributed by atoms with van der Waals surface area (Å²) in [5.41, 5.74) is -0.0703. The lowest BCUT2D eigenvalue weighted by atomic mass is 10.2. The number of rotatable bonds is 5. The maximum atomic E-state index is 11.8. The predicted molar refractivity (Wildman–Crippen MR) is 68.3 cm³/mol. The summed E-state index contributed by atoms with van der Waals surface area (Å²) in [6.07, 6.45) is 0. The second-order valence-electron chi connectivity index (χ2n) is 3.43. The van der Waals surface area contributed by atoms with Crippen LogP contribution >= 0.6 is 11.8 Å². The fourth-order valence-electron chi connectivity index (χ4n) is 1.29. The van der Waals surface area contributed by atoms with Crippen LogP contribution in [0.3, 0.4) is 0 Å². The molecule has 0 unspecified atom stereocenters. The highest BCUT2D eigenvalue weighted by molar-refractivity contribution is 8.00. The molecule has 0 aliphatic heterocycles. The van der Waals surface area contributed by atoms with Crippen LogP contribution in [-0.4, -0.2) is 41.4 Å². The molecule has 0 fully saturated rings. The van der Waals surface area contributed by atoms with Crippen LogP contribution in [0.15, 0.2) is 9.82 Å². The molecule has 0 aliphatic carbocycles. The van der Waals surface area contributed by atoms with Crippen molar-refractivity contribution in [3.05, 3.63) is 21.7 Å². The van der Waals surface area contributed by atoms with E-state index in [0.717, 1.165) is 11.8 Å². The highest BCUT2D eigenvalue weighted by Crippen LogP contribution is 2.21. The van der Waals surface area contributed by atoms with Crippen molar-refractivity contribution in [1.82, 2.24) is 9.97 Å². The lowest BCUT2D eigenvalue weighted by Gasteiger charge is -2.09. The number of nitrogens with one attached hydrogen (secondary N) is 1. The van der Waals surface area contributed by atoms with Gasteiger partial charge < -0.3 is 14.5 Å². The SMILES string of the molecule is CCOC(=O)c1c(SCC(=O)OC)nc(=O)[nH]c1C. The molecule has 0 aliphatic rings. The van der Waals surface area contributed by atoms with Crippen LogP contribution in [0.2, 0.25) is 0 Å². The Morgan fingerprint density at radius 1 is 1.42 bits per heavy atom. The van der Waals surface area contributed by atoms with Gasteiger partial charge in [-0.3, -0.25) is 4.79 Å². The number of aromatic nitrogens is 2. The number of ether oxygens (including phenoxy) is 2. The molecule has 0 bridgehead atoms. The zero-order valence-corrected chi connectivity index (χ0v) is 11.6. The Kier molecular flexibility index (Phi) is 5.56. The van der Waals surface area contributed by atoms with Crippen molar-refractivity contribution < 1.29 is 19.1 Å². The van der Waals surface area contributed by atoms with E-state index in [2.05, 4.69) is 14.7 Å². The minimum Gasteiger partial charge on any atom is -0.468 e. The second-order valence-corrected chi connectivity index (χ2v) is 4.40. The number of esters is 2. The zero-order chi connectivity index (χ0) is 14.4. The van der Waals surface area contributed by atoms with Crippen molar-refractivity contribution in [3.8, 4) is 0 Å². The van der Waals surface area contributed by atoms with Gasteiger partial charge in [0.05, 0.1) is 19.5 Å². The summed E-state index contributed by atoms with van der Waals surface area (Å²) in [4.78, 5) is 40.3. The van der Waals surface area contributed by atoms with Gasteiger partial charge in [0.15, 0.2) is 0 Å². The van der Waals surface area contributed by atoms with Crippen LogP contribution in [0.25, 0.3) is 0 Å². The monoisotopic (exact) mass is 286 g/mol. The molecule has 1 aromatic heterocycles. The molecule has 0 spiro atoms. The van der Waals surface area contributed by atoms with Gasteiger partial charge >= 0.3 is 17.6 Å². The third-order valence-electron chi connectivity index (χ3n) is 2.12. The van der Waals surface area contributed by atoms with E-state index in [1.54, 1.807) is 13.8 Å². The average molecular weight is 286 g/mol. The highest BCUT2D eigenvalue weighted by Gasteiger charge is 2.19. The number of hydrogen-bond acceptors (Lipinski definition) is 7. The summed E-state index contributed by atoms with van der Waals surface area (Å²) >= 11 is 0.956. The molecule has 0 saturated carbocycles.